The Labute approximate surface area is 118 Å². The third-order valence-electron chi connectivity index (χ3n) is 4.54. The lowest BCUT2D eigenvalue weighted by Gasteiger charge is -2.43. The van der Waals surface area contributed by atoms with Gasteiger partial charge in [-0.25, -0.2) is 0 Å². The molecule has 1 aliphatic heterocycles. The first-order valence-corrected chi connectivity index (χ1v) is 7.80. The average Bonchev–Trinajstić information content (AvgIpc) is 2.95. The predicted octanol–water partition coefficient (Wildman–Crippen LogP) is 3.52. The summed E-state index contributed by atoms with van der Waals surface area (Å²) in [6.07, 6.45) is 5.98. The Morgan fingerprint density at radius 2 is 1.79 bits per heavy atom. The molecule has 1 saturated heterocycles. The summed E-state index contributed by atoms with van der Waals surface area (Å²) in [6.45, 7) is 6.95. The molecule has 2 heteroatoms. The van der Waals surface area contributed by atoms with Crippen LogP contribution in [0.1, 0.15) is 51.5 Å². The standard InChI is InChI=1S/C17H28N2/c1-3-12-17(18,15-10-6-5-7-11-15)16(4-2)19-13-8-9-14-19/h5-7,10-11,16H,3-4,8-9,12-14,18H2,1-2H3. The highest BCUT2D eigenvalue weighted by Gasteiger charge is 2.38. The lowest BCUT2D eigenvalue weighted by molar-refractivity contribution is 0.131. The van der Waals surface area contributed by atoms with Crippen molar-refractivity contribution in [3.8, 4) is 0 Å². The van der Waals surface area contributed by atoms with E-state index in [2.05, 4.69) is 49.1 Å². The van der Waals surface area contributed by atoms with Crippen molar-refractivity contribution in [1.82, 2.24) is 4.90 Å². The van der Waals surface area contributed by atoms with E-state index < -0.39 is 0 Å². The fourth-order valence-electron chi connectivity index (χ4n) is 3.67. The predicted molar refractivity (Wildman–Crippen MR) is 82.1 cm³/mol. The summed E-state index contributed by atoms with van der Waals surface area (Å²) >= 11 is 0. The van der Waals surface area contributed by atoms with Gasteiger partial charge in [-0.3, -0.25) is 4.90 Å². The first kappa shape index (κ1) is 14.5. The third kappa shape index (κ3) is 3.01. The Balaban J connectivity index is 2.30. The van der Waals surface area contributed by atoms with Crippen LogP contribution < -0.4 is 5.73 Å². The van der Waals surface area contributed by atoms with Crippen LogP contribution in [-0.2, 0) is 5.54 Å². The van der Waals surface area contributed by atoms with E-state index in [1.165, 1.54) is 31.5 Å². The molecule has 19 heavy (non-hydrogen) atoms. The lowest BCUT2D eigenvalue weighted by Crippen LogP contribution is -2.55. The van der Waals surface area contributed by atoms with E-state index in [0.29, 0.717) is 6.04 Å². The monoisotopic (exact) mass is 260 g/mol. The van der Waals surface area contributed by atoms with Crippen molar-refractivity contribution in [2.45, 2.75) is 57.5 Å². The molecule has 2 unspecified atom stereocenters. The van der Waals surface area contributed by atoms with Gasteiger partial charge in [0.05, 0.1) is 5.54 Å². The first-order valence-electron chi connectivity index (χ1n) is 7.80. The second kappa shape index (κ2) is 6.53. The largest absolute Gasteiger partial charge is 0.320 e. The van der Waals surface area contributed by atoms with Crippen LogP contribution in [0.2, 0.25) is 0 Å². The van der Waals surface area contributed by atoms with Gasteiger partial charge in [0.15, 0.2) is 0 Å². The molecular formula is C17H28N2. The second-order valence-electron chi connectivity index (χ2n) is 5.82. The molecule has 0 radical (unpaired) electrons. The number of nitrogens with two attached hydrogens (primary N) is 1. The lowest BCUT2D eigenvalue weighted by atomic mass is 9.78. The van der Waals surface area contributed by atoms with Crippen molar-refractivity contribution >= 4 is 0 Å². The summed E-state index contributed by atoms with van der Waals surface area (Å²) in [4.78, 5) is 2.61. The van der Waals surface area contributed by atoms with Crippen molar-refractivity contribution in [3.63, 3.8) is 0 Å². The third-order valence-corrected chi connectivity index (χ3v) is 4.54. The van der Waals surface area contributed by atoms with Gasteiger partial charge in [-0.05, 0) is 44.3 Å². The van der Waals surface area contributed by atoms with Gasteiger partial charge in [0.1, 0.15) is 0 Å². The molecule has 2 nitrogen and oxygen atoms in total. The molecule has 1 fully saturated rings. The van der Waals surface area contributed by atoms with Gasteiger partial charge in [-0.15, -0.1) is 0 Å². The molecule has 106 valence electrons. The van der Waals surface area contributed by atoms with Crippen LogP contribution >= 0.6 is 0 Å². The maximum absolute atomic E-state index is 6.92. The topological polar surface area (TPSA) is 29.3 Å². The molecule has 2 N–H and O–H groups in total. The molecule has 0 bridgehead atoms. The molecule has 0 aromatic heterocycles. The van der Waals surface area contributed by atoms with Crippen molar-refractivity contribution in [1.29, 1.82) is 0 Å². The molecule has 0 amide bonds. The minimum atomic E-state index is -0.199. The van der Waals surface area contributed by atoms with Crippen molar-refractivity contribution in [3.05, 3.63) is 35.9 Å². The zero-order chi connectivity index (χ0) is 13.7. The summed E-state index contributed by atoms with van der Waals surface area (Å²) in [5.74, 6) is 0. The van der Waals surface area contributed by atoms with E-state index in [1.807, 2.05) is 0 Å². The summed E-state index contributed by atoms with van der Waals surface area (Å²) in [5, 5.41) is 0. The number of rotatable bonds is 6. The summed E-state index contributed by atoms with van der Waals surface area (Å²) in [7, 11) is 0. The maximum Gasteiger partial charge on any atom is 0.0567 e. The van der Waals surface area contributed by atoms with Gasteiger partial charge in [-0.2, -0.15) is 0 Å². The van der Waals surface area contributed by atoms with Gasteiger partial charge < -0.3 is 5.73 Å². The van der Waals surface area contributed by atoms with Crippen LogP contribution in [-0.4, -0.2) is 24.0 Å². The van der Waals surface area contributed by atoms with Crippen LogP contribution in [0, 0.1) is 0 Å². The van der Waals surface area contributed by atoms with Gasteiger partial charge in [0, 0.05) is 6.04 Å². The van der Waals surface area contributed by atoms with Crippen LogP contribution in [0.3, 0.4) is 0 Å². The molecule has 0 saturated carbocycles. The van der Waals surface area contributed by atoms with E-state index in [-0.39, 0.29) is 5.54 Å². The maximum atomic E-state index is 6.92. The highest BCUT2D eigenvalue weighted by Crippen LogP contribution is 2.34. The molecule has 2 atom stereocenters. The zero-order valence-corrected chi connectivity index (χ0v) is 12.4. The summed E-state index contributed by atoms with van der Waals surface area (Å²) in [5.41, 5.74) is 8.02. The fourth-order valence-corrected chi connectivity index (χ4v) is 3.67. The summed E-state index contributed by atoms with van der Waals surface area (Å²) < 4.78 is 0. The Kier molecular flexibility index (Phi) is 5.00. The quantitative estimate of drug-likeness (QED) is 0.848. The smallest absolute Gasteiger partial charge is 0.0567 e. The van der Waals surface area contributed by atoms with Gasteiger partial charge in [0.25, 0.3) is 0 Å². The van der Waals surface area contributed by atoms with E-state index in [4.69, 9.17) is 5.73 Å². The minimum Gasteiger partial charge on any atom is -0.320 e. The molecule has 0 aliphatic carbocycles. The van der Waals surface area contributed by atoms with Crippen molar-refractivity contribution in [2.75, 3.05) is 13.1 Å². The SMILES string of the molecule is CCCC(N)(c1ccccc1)C(CC)N1CCCC1. The second-order valence-corrected chi connectivity index (χ2v) is 5.82. The Hall–Kier alpha value is -0.860. The van der Waals surface area contributed by atoms with Crippen LogP contribution in [0.5, 0.6) is 0 Å². The number of benzene rings is 1. The molecular weight excluding hydrogens is 232 g/mol. The number of hydrogen-bond acceptors (Lipinski definition) is 2. The molecule has 1 heterocycles. The van der Waals surface area contributed by atoms with Crippen molar-refractivity contribution < 1.29 is 0 Å². The molecule has 1 aromatic carbocycles. The first-order chi connectivity index (χ1) is 9.22. The number of likely N-dealkylation sites (tertiary alicyclic amines) is 1. The normalized spacial score (nSPS) is 21.2. The molecule has 1 aliphatic rings. The van der Waals surface area contributed by atoms with E-state index in [9.17, 15) is 0 Å². The molecule has 2 rings (SSSR count). The van der Waals surface area contributed by atoms with E-state index in [0.717, 1.165) is 19.3 Å². The van der Waals surface area contributed by atoms with Crippen LogP contribution in [0.15, 0.2) is 30.3 Å². The number of nitrogens with zero attached hydrogens (tertiary/aromatic N) is 1. The molecule has 1 aromatic rings. The van der Waals surface area contributed by atoms with Gasteiger partial charge in [0.2, 0.25) is 0 Å². The van der Waals surface area contributed by atoms with Crippen molar-refractivity contribution in [2.24, 2.45) is 5.73 Å². The van der Waals surface area contributed by atoms with E-state index in [1.54, 1.807) is 0 Å². The zero-order valence-electron chi connectivity index (χ0n) is 12.4. The van der Waals surface area contributed by atoms with Gasteiger partial charge >= 0.3 is 0 Å². The van der Waals surface area contributed by atoms with Crippen LogP contribution in [0.25, 0.3) is 0 Å². The Morgan fingerprint density at radius 1 is 1.16 bits per heavy atom. The number of hydrogen-bond donors (Lipinski definition) is 1. The summed E-state index contributed by atoms with van der Waals surface area (Å²) in [6, 6.07) is 11.2. The Morgan fingerprint density at radius 3 is 2.32 bits per heavy atom. The average molecular weight is 260 g/mol. The highest BCUT2D eigenvalue weighted by atomic mass is 15.2. The van der Waals surface area contributed by atoms with Crippen LogP contribution in [0.4, 0.5) is 0 Å². The highest BCUT2D eigenvalue weighted by molar-refractivity contribution is 5.26. The minimum absolute atomic E-state index is 0.199. The van der Waals surface area contributed by atoms with E-state index >= 15 is 0 Å². The van der Waals surface area contributed by atoms with Gasteiger partial charge in [-0.1, -0.05) is 50.6 Å². The Bertz CT molecular complexity index is 370. The fraction of sp³-hybridized carbons (Fsp3) is 0.647. The molecule has 0 spiro atoms.